The number of hydrogen-bond donors (Lipinski definition) is 1. The molecule has 2 aromatic carbocycles. The van der Waals surface area contributed by atoms with Gasteiger partial charge in [-0.05, 0) is 42.8 Å². The second-order valence-electron chi connectivity index (χ2n) is 5.45. The molecule has 0 aliphatic carbocycles. The van der Waals surface area contributed by atoms with Gasteiger partial charge in [-0.1, -0.05) is 12.1 Å². The number of anilines is 1. The molecule has 0 aliphatic rings. The lowest BCUT2D eigenvalue weighted by atomic mass is 10.1. The van der Waals surface area contributed by atoms with Gasteiger partial charge in [0.2, 0.25) is 5.13 Å². The largest absolute Gasteiger partial charge is 0.496 e. The van der Waals surface area contributed by atoms with Gasteiger partial charge >= 0.3 is 0 Å². The summed E-state index contributed by atoms with van der Waals surface area (Å²) in [6, 6.07) is 13.4. The van der Waals surface area contributed by atoms with E-state index in [4.69, 9.17) is 14.2 Å². The highest BCUT2D eigenvalue weighted by atomic mass is 32.1. The maximum Gasteiger partial charge on any atom is 0.203 e. The highest BCUT2D eigenvalue weighted by Gasteiger charge is 2.09. The molecule has 3 rings (SSSR count). The van der Waals surface area contributed by atoms with Crippen LogP contribution in [0.1, 0.15) is 12.5 Å². The second kappa shape index (κ2) is 9.05. The minimum atomic E-state index is 0.569. The highest BCUT2D eigenvalue weighted by molar-refractivity contribution is 7.14. The summed E-state index contributed by atoms with van der Waals surface area (Å²) in [5.74, 6) is 2.18. The molecule has 0 bridgehead atoms. The number of nitrogens with one attached hydrogen (secondary N) is 1. The molecule has 6 nitrogen and oxygen atoms in total. The Hall–Kier alpha value is -3.06. The lowest BCUT2D eigenvalue weighted by Gasteiger charge is -2.09. The third-order valence-electron chi connectivity index (χ3n) is 3.75. The average molecular weight is 383 g/mol. The number of benzene rings is 2. The van der Waals surface area contributed by atoms with Crippen molar-refractivity contribution in [2.75, 3.05) is 26.3 Å². The highest BCUT2D eigenvalue weighted by Crippen LogP contribution is 2.32. The molecule has 1 aromatic heterocycles. The van der Waals surface area contributed by atoms with Crippen molar-refractivity contribution in [3.05, 3.63) is 53.4 Å². The fraction of sp³-hybridized carbons (Fsp3) is 0.200. The summed E-state index contributed by atoms with van der Waals surface area (Å²) < 4.78 is 16.3. The third-order valence-corrected chi connectivity index (χ3v) is 4.50. The van der Waals surface area contributed by atoms with E-state index >= 15 is 0 Å². The summed E-state index contributed by atoms with van der Waals surface area (Å²) in [5.41, 5.74) is 5.66. The molecule has 0 fully saturated rings. The van der Waals surface area contributed by atoms with Gasteiger partial charge in [0.1, 0.15) is 5.75 Å². The topological polar surface area (TPSA) is 65.0 Å². The molecular formula is C20H21N3O3S. The van der Waals surface area contributed by atoms with Crippen molar-refractivity contribution in [2.45, 2.75) is 6.92 Å². The van der Waals surface area contributed by atoms with E-state index in [-0.39, 0.29) is 0 Å². The van der Waals surface area contributed by atoms with Crippen molar-refractivity contribution in [1.29, 1.82) is 0 Å². The normalized spacial score (nSPS) is 10.8. The number of aromatic nitrogens is 1. The lowest BCUT2D eigenvalue weighted by molar-refractivity contribution is 0.311. The van der Waals surface area contributed by atoms with Gasteiger partial charge in [-0.15, -0.1) is 11.3 Å². The Kier molecular flexibility index (Phi) is 6.27. The van der Waals surface area contributed by atoms with Crippen LogP contribution >= 0.6 is 11.3 Å². The summed E-state index contributed by atoms with van der Waals surface area (Å²) in [6.07, 6.45) is 1.71. The number of ether oxygens (including phenoxy) is 3. The fourth-order valence-electron chi connectivity index (χ4n) is 2.51. The van der Waals surface area contributed by atoms with Crippen molar-refractivity contribution >= 4 is 22.7 Å². The molecule has 0 atom stereocenters. The van der Waals surface area contributed by atoms with E-state index in [2.05, 4.69) is 15.5 Å². The van der Waals surface area contributed by atoms with Crippen molar-refractivity contribution in [1.82, 2.24) is 4.98 Å². The van der Waals surface area contributed by atoms with Gasteiger partial charge in [0, 0.05) is 10.9 Å². The summed E-state index contributed by atoms with van der Waals surface area (Å²) in [4.78, 5) is 4.56. The van der Waals surface area contributed by atoms with Gasteiger partial charge in [-0.2, -0.15) is 5.10 Å². The van der Waals surface area contributed by atoms with Gasteiger partial charge in [0.05, 0.1) is 32.7 Å². The second-order valence-corrected chi connectivity index (χ2v) is 6.31. The Labute approximate surface area is 162 Å². The molecule has 0 saturated heterocycles. The van der Waals surface area contributed by atoms with Crippen molar-refractivity contribution < 1.29 is 14.2 Å². The van der Waals surface area contributed by atoms with E-state index in [9.17, 15) is 0 Å². The van der Waals surface area contributed by atoms with Crippen molar-refractivity contribution in [2.24, 2.45) is 5.10 Å². The molecule has 0 unspecified atom stereocenters. The first-order valence-electron chi connectivity index (χ1n) is 8.44. The number of nitrogens with zero attached hydrogens (tertiary/aromatic N) is 2. The molecule has 0 radical (unpaired) electrons. The molecule has 140 valence electrons. The number of rotatable bonds is 8. The first-order chi connectivity index (χ1) is 13.2. The number of methoxy groups -OCH3 is 2. The van der Waals surface area contributed by atoms with E-state index in [1.54, 1.807) is 20.4 Å². The number of para-hydroxylation sites is 1. The zero-order chi connectivity index (χ0) is 19.1. The standard InChI is InChI=1S/C20H21N3O3S/c1-4-26-19-11-14(9-10-18(19)25-3)12-21-23-20-22-16(13-27-20)15-7-5-6-8-17(15)24-2/h5-13H,4H2,1-3H3,(H,22,23)/b21-12-. The van der Waals surface area contributed by atoms with Crippen molar-refractivity contribution in [3.63, 3.8) is 0 Å². The SMILES string of the molecule is CCOc1cc(/C=N\Nc2nc(-c3ccccc3OC)cs2)ccc1OC. The van der Waals surface area contributed by atoms with Crippen molar-refractivity contribution in [3.8, 4) is 28.5 Å². The zero-order valence-electron chi connectivity index (χ0n) is 15.4. The zero-order valence-corrected chi connectivity index (χ0v) is 16.2. The fourth-order valence-corrected chi connectivity index (χ4v) is 3.17. The monoisotopic (exact) mass is 383 g/mol. The Morgan fingerprint density at radius 1 is 1.07 bits per heavy atom. The maximum atomic E-state index is 5.58. The number of hydrazone groups is 1. The summed E-state index contributed by atoms with van der Waals surface area (Å²) in [5, 5.41) is 6.93. The predicted molar refractivity (Wildman–Crippen MR) is 109 cm³/mol. The van der Waals surface area contributed by atoms with Gasteiger partial charge < -0.3 is 14.2 Å². The van der Waals surface area contributed by atoms with Gasteiger partial charge in [0.25, 0.3) is 0 Å². The third kappa shape index (κ3) is 4.57. The average Bonchev–Trinajstić information content (AvgIpc) is 3.17. The molecule has 1 N–H and O–H groups in total. The van der Waals surface area contributed by atoms with Gasteiger partial charge in [-0.3, -0.25) is 5.43 Å². The molecule has 0 spiro atoms. The summed E-state index contributed by atoms with van der Waals surface area (Å²) >= 11 is 1.48. The van der Waals surface area contributed by atoms with Gasteiger partial charge in [0.15, 0.2) is 11.5 Å². The van der Waals surface area contributed by atoms with E-state index in [0.29, 0.717) is 23.2 Å². The molecule has 0 saturated carbocycles. The van der Waals surface area contributed by atoms with Crippen LogP contribution in [0.4, 0.5) is 5.13 Å². The van der Waals surface area contributed by atoms with Crippen LogP contribution in [0.15, 0.2) is 52.9 Å². The smallest absolute Gasteiger partial charge is 0.203 e. The quantitative estimate of drug-likeness (QED) is 0.452. The van der Waals surface area contributed by atoms with E-state index in [0.717, 1.165) is 22.6 Å². The minimum Gasteiger partial charge on any atom is -0.496 e. The Balaban J connectivity index is 1.70. The lowest BCUT2D eigenvalue weighted by Crippen LogP contribution is -1.97. The summed E-state index contributed by atoms with van der Waals surface area (Å²) in [6.45, 7) is 2.50. The van der Waals surface area contributed by atoms with Crippen LogP contribution in [-0.2, 0) is 0 Å². The minimum absolute atomic E-state index is 0.569. The predicted octanol–water partition coefficient (Wildman–Crippen LogP) is 4.67. The Morgan fingerprint density at radius 3 is 2.67 bits per heavy atom. The first-order valence-corrected chi connectivity index (χ1v) is 9.32. The van der Waals surface area contributed by atoms with Crippen LogP contribution in [0, 0.1) is 0 Å². The Bertz CT molecular complexity index is 924. The molecule has 27 heavy (non-hydrogen) atoms. The molecule has 0 aliphatic heterocycles. The van der Waals surface area contributed by atoms with E-state index in [1.165, 1.54) is 11.3 Å². The van der Waals surface area contributed by atoms with Crippen LogP contribution in [0.2, 0.25) is 0 Å². The van der Waals surface area contributed by atoms with Crippen LogP contribution < -0.4 is 19.6 Å². The van der Waals surface area contributed by atoms with E-state index in [1.807, 2.05) is 54.8 Å². The van der Waals surface area contributed by atoms with Crippen LogP contribution in [0.3, 0.4) is 0 Å². The molecule has 0 amide bonds. The van der Waals surface area contributed by atoms with E-state index < -0.39 is 0 Å². The van der Waals surface area contributed by atoms with Crippen LogP contribution in [-0.4, -0.2) is 32.0 Å². The number of hydrogen-bond acceptors (Lipinski definition) is 7. The van der Waals surface area contributed by atoms with Crippen LogP contribution in [0.25, 0.3) is 11.3 Å². The first kappa shape index (κ1) is 18.7. The summed E-state index contributed by atoms with van der Waals surface area (Å²) in [7, 11) is 3.27. The van der Waals surface area contributed by atoms with Crippen LogP contribution in [0.5, 0.6) is 17.2 Å². The number of thiazole rings is 1. The molecule has 3 aromatic rings. The molecule has 7 heteroatoms. The molecular weight excluding hydrogens is 362 g/mol. The van der Waals surface area contributed by atoms with Gasteiger partial charge in [-0.25, -0.2) is 4.98 Å². The Morgan fingerprint density at radius 2 is 1.89 bits per heavy atom. The maximum absolute atomic E-state index is 5.58. The molecule has 1 heterocycles.